The van der Waals surface area contributed by atoms with Crippen molar-refractivity contribution in [1.29, 1.82) is 0 Å². The summed E-state index contributed by atoms with van der Waals surface area (Å²) in [5.74, 6) is 1.23. The first-order valence-corrected chi connectivity index (χ1v) is 4.92. The number of carbonyl (C=O) groups is 1. The quantitative estimate of drug-likeness (QED) is 0.785. The maximum absolute atomic E-state index is 11.0. The summed E-state index contributed by atoms with van der Waals surface area (Å²) in [6.45, 7) is 5.52. The van der Waals surface area contributed by atoms with Gasteiger partial charge in [-0.1, -0.05) is 13.8 Å². The number of methoxy groups -OCH3 is 2. The molecule has 1 rings (SSSR count). The van der Waals surface area contributed by atoms with Crippen molar-refractivity contribution in [3.8, 4) is 11.5 Å². The standard InChI is InChI=1S/C10H12O3.C2H6.V/c1-7(11)8-4-5-9(12-2)10(6-8)13-3;1-2;/h4-6H,1-3H3;1-2H3;. The summed E-state index contributed by atoms with van der Waals surface area (Å²) in [5, 5.41) is 0. The maximum Gasteiger partial charge on any atom is 0.161 e. The molecule has 0 aliphatic heterocycles. The molecule has 0 saturated heterocycles. The van der Waals surface area contributed by atoms with Gasteiger partial charge in [0.2, 0.25) is 0 Å². The predicted octanol–water partition coefficient (Wildman–Crippen LogP) is 2.93. The molecule has 0 heterocycles. The molecule has 16 heavy (non-hydrogen) atoms. The molecule has 0 saturated carbocycles. The Morgan fingerprint density at radius 3 is 1.94 bits per heavy atom. The topological polar surface area (TPSA) is 35.5 Å². The van der Waals surface area contributed by atoms with Crippen LogP contribution in [0.15, 0.2) is 18.2 Å². The van der Waals surface area contributed by atoms with Crippen molar-refractivity contribution >= 4 is 5.78 Å². The molecule has 0 aliphatic carbocycles. The number of carbonyl (C=O) groups excluding carboxylic acids is 1. The number of ketones is 1. The molecule has 1 aromatic carbocycles. The van der Waals surface area contributed by atoms with E-state index >= 15 is 0 Å². The van der Waals surface area contributed by atoms with Gasteiger partial charge < -0.3 is 9.47 Å². The van der Waals surface area contributed by atoms with Gasteiger partial charge in [0, 0.05) is 24.1 Å². The zero-order chi connectivity index (χ0) is 11.8. The molecule has 0 aliphatic rings. The van der Waals surface area contributed by atoms with Crippen molar-refractivity contribution in [2.24, 2.45) is 0 Å². The molecule has 0 atom stereocenters. The van der Waals surface area contributed by atoms with Crippen molar-refractivity contribution in [3.05, 3.63) is 23.8 Å². The minimum Gasteiger partial charge on any atom is -0.493 e. The number of ether oxygens (including phenoxy) is 2. The van der Waals surface area contributed by atoms with E-state index in [9.17, 15) is 4.79 Å². The van der Waals surface area contributed by atoms with Crippen LogP contribution in [0.25, 0.3) is 0 Å². The van der Waals surface area contributed by atoms with Crippen molar-refractivity contribution in [3.63, 3.8) is 0 Å². The second-order valence-electron chi connectivity index (χ2n) is 2.63. The fourth-order valence-corrected chi connectivity index (χ4v) is 1.06. The largest absolute Gasteiger partial charge is 0.493 e. The summed E-state index contributed by atoms with van der Waals surface area (Å²) >= 11 is 0. The van der Waals surface area contributed by atoms with E-state index in [1.54, 1.807) is 32.4 Å². The SMILES string of the molecule is CC.COc1ccc(C(C)=O)cc1OC.[V]. The Kier molecular flexibility index (Phi) is 10.2. The smallest absolute Gasteiger partial charge is 0.161 e. The van der Waals surface area contributed by atoms with Gasteiger partial charge in [0.15, 0.2) is 17.3 Å². The minimum atomic E-state index is 0. The van der Waals surface area contributed by atoms with Crippen LogP contribution in [0.2, 0.25) is 0 Å². The van der Waals surface area contributed by atoms with Crippen LogP contribution in [0, 0.1) is 0 Å². The van der Waals surface area contributed by atoms with Crippen LogP contribution in [0.3, 0.4) is 0 Å². The molecular formula is C12H18O3V. The van der Waals surface area contributed by atoms with E-state index in [2.05, 4.69) is 0 Å². The van der Waals surface area contributed by atoms with E-state index in [-0.39, 0.29) is 24.3 Å². The van der Waals surface area contributed by atoms with Crippen LogP contribution in [0.5, 0.6) is 11.5 Å². The molecule has 89 valence electrons. The first-order chi connectivity index (χ1) is 7.19. The first kappa shape index (κ1) is 17.5. The Morgan fingerprint density at radius 1 is 1.06 bits per heavy atom. The van der Waals surface area contributed by atoms with Gasteiger partial charge in [-0.05, 0) is 25.1 Å². The molecule has 0 bridgehead atoms. The van der Waals surface area contributed by atoms with E-state index in [1.165, 1.54) is 6.92 Å². The Morgan fingerprint density at radius 2 is 1.56 bits per heavy atom. The molecule has 3 nitrogen and oxygen atoms in total. The molecule has 0 fully saturated rings. The minimum absolute atomic E-state index is 0. The van der Waals surface area contributed by atoms with Crippen molar-refractivity contribution in [2.45, 2.75) is 20.8 Å². The van der Waals surface area contributed by atoms with Gasteiger partial charge in [-0.15, -0.1) is 0 Å². The van der Waals surface area contributed by atoms with E-state index in [1.807, 2.05) is 13.8 Å². The molecule has 0 amide bonds. The Hall–Kier alpha value is -0.926. The van der Waals surface area contributed by atoms with Crippen molar-refractivity contribution in [2.75, 3.05) is 14.2 Å². The maximum atomic E-state index is 11.0. The summed E-state index contributed by atoms with van der Waals surface area (Å²) in [5.41, 5.74) is 0.623. The van der Waals surface area contributed by atoms with Crippen LogP contribution < -0.4 is 9.47 Å². The zero-order valence-corrected chi connectivity index (χ0v) is 11.8. The molecule has 4 heteroatoms. The fourth-order valence-electron chi connectivity index (χ4n) is 1.06. The number of Topliss-reactive ketones (excluding diaryl/α,β-unsaturated/α-hetero) is 1. The predicted molar refractivity (Wildman–Crippen MR) is 60.9 cm³/mol. The van der Waals surface area contributed by atoms with E-state index in [0.717, 1.165) is 0 Å². The van der Waals surface area contributed by atoms with Crippen LogP contribution >= 0.6 is 0 Å². The Balaban J connectivity index is 0. The second kappa shape index (κ2) is 9.31. The molecule has 1 aromatic rings. The normalized spacial score (nSPS) is 8.06. The Bertz CT molecular complexity index is 324. The molecule has 0 unspecified atom stereocenters. The summed E-state index contributed by atoms with van der Waals surface area (Å²) < 4.78 is 10.1. The average Bonchev–Trinajstić information content (AvgIpc) is 2.30. The first-order valence-electron chi connectivity index (χ1n) is 4.92. The summed E-state index contributed by atoms with van der Waals surface area (Å²) in [6, 6.07) is 5.10. The van der Waals surface area contributed by atoms with Gasteiger partial charge in [0.1, 0.15) is 0 Å². The van der Waals surface area contributed by atoms with Crippen molar-refractivity contribution in [1.82, 2.24) is 0 Å². The van der Waals surface area contributed by atoms with Gasteiger partial charge in [-0.2, -0.15) is 0 Å². The number of hydrogen-bond donors (Lipinski definition) is 0. The van der Waals surface area contributed by atoms with Crippen LogP contribution in [-0.4, -0.2) is 20.0 Å². The zero-order valence-electron chi connectivity index (χ0n) is 10.4. The molecule has 1 radical (unpaired) electrons. The van der Waals surface area contributed by atoms with Crippen LogP contribution in [0.1, 0.15) is 31.1 Å². The molecule has 0 aromatic heterocycles. The summed E-state index contributed by atoms with van der Waals surface area (Å²) in [7, 11) is 3.10. The van der Waals surface area contributed by atoms with Crippen LogP contribution in [0.4, 0.5) is 0 Å². The fraction of sp³-hybridized carbons (Fsp3) is 0.417. The van der Waals surface area contributed by atoms with Gasteiger partial charge in [0.05, 0.1) is 14.2 Å². The average molecular weight is 261 g/mol. The summed E-state index contributed by atoms with van der Waals surface area (Å²) in [4.78, 5) is 11.0. The molecular weight excluding hydrogens is 243 g/mol. The van der Waals surface area contributed by atoms with Gasteiger partial charge in [-0.25, -0.2) is 0 Å². The third kappa shape index (κ3) is 4.73. The molecule has 0 spiro atoms. The second-order valence-corrected chi connectivity index (χ2v) is 2.63. The van der Waals surface area contributed by atoms with Gasteiger partial charge >= 0.3 is 0 Å². The number of benzene rings is 1. The number of hydrogen-bond acceptors (Lipinski definition) is 3. The van der Waals surface area contributed by atoms with E-state index in [0.29, 0.717) is 17.1 Å². The van der Waals surface area contributed by atoms with Gasteiger partial charge in [-0.3, -0.25) is 4.79 Å². The number of rotatable bonds is 3. The third-order valence-electron chi connectivity index (χ3n) is 1.79. The molecule has 0 N–H and O–H groups in total. The van der Waals surface area contributed by atoms with Crippen LogP contribution in [-0.2, 0) is 18.6 Å². The summed E-state index contributed by atoms with van der Waals surface area (Å²) in [6.07, 6.45) is 0. The van der Waals surface area contributed by atoms with Crippen molar-refractivity contribution < 1.29 is 32.8 Å². The van der Waals surface area contributed by atoms with Gasteiger partial charge in [0.25, 0.3) is 0 Å². The monoisotopic (exact) mass is 261 g/mol. The third-order valence-corrected chi connectivity index (χ3v) is 1.79. The van der Waals surface area contributed by atoms with E-state index < -0.39 is 0 Å². The van der Waals surface area contributed by atoms with E-state index in [4.69, 9.17) is 9.47 Å². The Labute approximate surface area is 109 Å².